The maximum Gasteiger partial charge on any atom is 0.125 e. The van der Waals surface area contributed by atoms with E-state index in [-0.39, 0.29) is 11.9 Å². The van der Waals surface area contributed by atoms with Crippen molar-refractivity contribution in [1.29, 1.82) is 0 Å². The molecule has 2 aromatic rings. The van der Waals surface area contributed by atoms with E-state index in [4.69, 9.17) is 4.42 Å². The maximum absolute atomic E-state index is 13.3. The molecule has 17 heavy (non-hydrogen) atoms. The Labute approximate surface area is 100 Å². The molecule has 1 N–H and O–H groups in total. The maximum atomic E-state index is 13.3. The van der Waals surface area contributed by atoms with Crippen LogP contribution in [0, 0.1) is 19.7 Å². The Morgan fingerprint density at radius 2 is 1.94 bits per heavy atom. The number of benzene rings is 1. The zero-order valence-electron chi connectivity index (χ0n) is 10.3. The Kier molecular flexibility index (Phi) is 3.29. The van der Waals surface area contributed by atoms with Crippen molar-refractivity contribution in [3.63, 3.8) is 0 Å². The van der Waals surface area contributed by atoms with Crippen LogP contribution in [0.15, 0.2) is 34.7 Å². The summed E-state index contributed by atoms with van der Waals surface area (Å²) in [6, 6.07) is 8.52. The number of rotatable bonds is 3. The third kappa shape index (κ3) is 2.39. The van der Waals surface area contributed by atoms with E-state index in [0.29, 0.717) is 0 Å². The lowest BCUT2D eigenvalue weighted by atomic mass is 9.99. The lowest BCUT2D eigenvalue weighted by Crippen LogP contribution is -2.18. The summed E-state index contributed by atoms with van der Waals surface area (Å²) in [5.74, 6) is 1.43. The minimum absolute atomic E-state index is 0.112. The average molecular weight is 233 g/mol. The number of halogens is 1. The molecular weight excluding hydrogens is 217 g/mol. The van der Waals surface area contributed by atoms with Crippen molar-refractivity contribution in [2.24, 2.45) is 0 Å². The molecule has 0 aliphatic rings. The molecule has 3 heteroatoms. The second-order valence-electron chi connectivity index (χ2n) is 4.17. The zero-order chi connectivity index (χ0) is 12.4. The molecule has 2 nitrogen and oxygen atoms in total. The first-order valence-corrected chi connectivity index (χ1v) is 5.61. The molecule has 1 aromatic carbocycles. The van der Waals surface area contributed by atoms with Crippen LogP contribution in [-0.4, -0.2) is 7.05 Å². The Hall–Kier alpha value is -1.61. The Balaban J connectivity index is 2.45. The summed E-state index contributed by atoms with van der Waals surface area (Å²) >= 11 is 0. The van der Waals surface area contributed by atoms with Gasteiger partial charge in [-0.3, -0.25) is 0 Å². The smallest absolute Gasteiger partial charge is 0.125 e. The number of nitrogens with one attached hydrogen (secondary N) is 1. The number of hydrogen-bond acceptors (Lipinski definition) is 2. The van der Waals surface area contributed by atoms with Gasteiger partial charge in [-0.1, -0.05) is 6.07 Å². The third-order valence-corrected chi connectivity index (χ3v) is 2.89. The van der Waals surface area contributed by atoms with Gasteiger partial charge < -0.3 is 9.73 Å². The first kappa shape index (κ1) is 11.9. The highest BCUT2D eigenvalue weighted by Gasteiger charge is 2.17. The van der Waals surface area contributed by atoms with Crippen molar-refractivity contribution in [3.05, 3.63) is 58.8 Å². The predicted molar refractivity (Wildman–Crippen MR) is 65.5 cm³/mol. The first-order valence-electron chi connectivity index (χ1n) is 5.61. The predicted octanol–water partition coefficient (Wildman–Crippen LogP) is 3.34. The summed E-state index contributed by atoms with van der Waals surface area (Å²) in [7, 11) is 1.84. The molecule has 0 radical (unpaired) electrons. The fourth-order valence-electron chi connectivity index (χ4n) is 1.98. The standard InChI is InChI=1S/C14H16FNO/c1-9-4-6-11(15)8-12(9)14(16-3)13-7-5-10(2)17-13/h4-8,14,16H,1-3H3. The van der Waals surface area contributed by atoms with Crippen molar-refractivity contribution in [2.75, 3.05) is 7.05 Å². The lowest BCUT2D eigenvalue weighted by Gasteiger charge is -2.16. The molecule has 1 heterocycles. The van der Waals surface area contributed by atoms with E-state index in [1.54, 1.807) is 12.1 Å². The van der Waals surface area contributed by atoms with Crippen molar-refractivity contribution in [1.82, 2.24) is 5.32 Å². The summed E-state index contributed by atoms with van der Waals surface area (Å²) in [5, 5.41) is 3.16. The quantitative estimate of drug-likeness (QED) is 0.879. The highest BCUT2D eigenvalue weighted by Crippen LogP contribution is 2.26. The van der Waals surface area contributed by atoms with Gasteiger partial charge >= 0.3 is 0 Å². The van der Waals surface area contributed by atoms with Gasteiger partial charge in [-0.15, -0.1) is 0 Å². The molecule has 90 valence electrons. The molecule has 0 saturated heterocycles. The molecular formula is C14H16FNO. The van der Waals surface area contributed by atoms with Crippen LogP contribution in [0.4, 0.5) is 4.39 Å². The van der Waals surface area contributed by atoms with E-state index in [0.717, 1.165) is 22.6 Å². The van der Waals surface area contributed by atoms with Crippen LogP contribution < -0.4 is 5.32 Å². The van der Waals surface area contributed by atoms with Crippen LogP contribution in [0.5, 0.6) is 0 Å². The van der Waals surface area contributed by atoms with Crippen molar-refractivity contribution in [2.45, 2.75) is 19.9 Å². The molecule has 2 rings (SSSR count). The molecule has 1 aromatic heterocycles. The Bertz CT molecular complexity index is 519. The van der Waals surface area contributed by atoms with Gasteiger partial charge in [-0.05, 0) is 56.3 Å². The number of aryl methyl sites for hydroxylation is 2. The zero-order valence-corrected chi connectivity index (χ0v) is 10.3. The van der Waals surface area contributed by atoms with Gasteiger partial charge in [0.2, 0.25) is 0 Å². The van der Waals surface area contributed by atoms with Crippen LogP contribution in [0.25, 0.3) is 0 Å². The summed E-state index contributed by atoms with van der Waals surface area (Å²) in [6.45, 7) is 3.86. The molecule has 0 spiro atoms. The molecule has 0 amide bonds. The molecule has 0 bridgehead atoms. The van der Waals surface area contributed by atoms with E-state index in [1.807, 2.05) is 33.0 Å². The first-order chi connectivity index (χ1) is 8.11. The molecule has 0 aliphatic heterocycles. The van der Waals surface area contributed by atoms with Gasteiger partial charge in [0.15, 0.2) is 0 Å². The Morgan fingerprint density at radius 1 is 1.18 bits per heavy atom. The third-order valence-electron chi connectivity index (χ3n) is 2.89. The van der Waals surface area contributed by atoms with E-state index in [2.05, 4.69) is 5.32 Å². The van der Waals surface area contributed by atoms with E-state index in [1.165, 1.54) is 6.07 Å². The van der Waals surface area contributed by atoms with Crippen LogP contribution in [-0.2, 0) is 0 Å². The minimum atomic E-state index is -0.228. The van der Waals surface area contributed by atoms with Gasteiger partial charge in [0, 0.05) is 0 Å². The largest absolute Gasteiger partial charge is 0.464 e. The molecule has 0 saturated carbocycles. The van der Waals surface area contributed by atoms with Crippen LogP contribution in [0.3, 0.4) is 0 Å². The summed E-state index contributed by atoms with van der Waals surface area (Å²) < 4.78 is 18.9. The van der Waals surface area contributed by atoms with Gasteiger partial charge in [0.1, 0.15) is 17.3 Å². The van der Waals surface area contributed by atoms with Crippen LogP contribution >= 0.6 is 0 Å². The van der Waals surface area contributed by atoms with Gasteiger partial charge in [0.25, 0.3) is 0 Å². The average Bonchev–Trinajstić information content (AvgIpc) is 2.71. The molecule has 1 atom stereocenters. The molecule has 1 unspecified atom stereocenters. The SMILES string of the molecule is CNC(c1ccc(C)o1)c1cc(F)ccc1C. The normalized spacial score (nSPS) is 12.7. The molecule has 0 fully saturated rings. The van der Waals surface area contributed by atoms with E-state index in [9.17, 15) is 4.39 Å². The monoisotopic (exact) mass is 233 g/mol. The van der Waals surface area contributed by atoms with Gasteiger partial charge in [0.05, 0.1) is 6.04 Å². The summed E-state index contributed by atoms with van der Waals surface area (Å²) in [4.78, 5) is 0. The highest BCUT2D eigenvalue weighted by molar-refractivity contribution is 5.34. The number of hydrogen-bond donors (Lipinski definition) is 1. The van der Waals surface area contributed by atoms with Crippen molar-refractivity contribution in [3.8, 4) is 0 Å². The summed E-state index contributed by atoms with van der Waals surface area (Å²) in [6.07, 6.45) is 0. The minimum Gasteiger partial charge on any atom is -0.464 e. The van der Waals surface area contributed by atoms with Crippen LogP contribution in [0.1, 0.15) is 28.7 Å². The van der Waals surface area contributed by atoms with Crippen molar-refractivity contribution < 1.29 is 8.81 Å². The van der Waals surface area contributed by atoms with E-state index < -0.39 is 0 Å². The van der Waals surface area contributed by atoms with E-state index >= 15 is 0 Å². The second-order valence-corrected chi connectivity index (χ2v) is 4.17. The van der Waals surface area contributed by atoms with Crippen LogP contribution in [0.2, 0.25) is 0 Å². The second kappa shape index (κ2) is 4.72. The fourth-order valence-corrected chi connectivity index (χ4v) is 1.98. The topological polar surface area (TPSA) is 25.2 Å². The summed E-state index contributed by atoms with van der Waals surface area (Å²) in [5.41, 5.74) is 1.95. The van der Waals surface area contributed by atoms with Crippen molar-refractivity contribution >= 4 is 0 Å². The molecule has 0 aliphatic carbocycles. The highest BCUT2D eigenvalue weighted by atomic mass is 19.1. The van der Waals surface area contributed by atoms with Gasteiger partial charge in [-0.2, -0.15) is 0 Å². The number of furan rings is 1. The lowest BCUT2D eigenvalue weighted by molar-refractivity contribution is 0.442. The Morgan fingerprint density at radius 3 is 2.53 bits per heavy atom. The van der Waals surface area contributed by atoms with Gasteiger partial charge in [-0.25, -0.2) is 4.39 Å². The fraction of sp³-hybridized carbons (Fsp3) is 0.286.